The van der Waals surface area contributed by atoms with E-state index in [4.69, 9.17) is 0 Å². The molecule has 0 unspecified atom stereocenters. The standard InChI is InChI=1S/C21H16F5N5O3S/c1-3-35(32,33)15-7-11(17-14(34-20(22)23)5-4-6-27-17)9-29-18(15)19-30-12-8-16(21(24,25)26)28-10-13(12)31(19)2/h4-10,20H,3H2,1-2H3. The van der Waals surface area contributed by atoms with Gasteiger partial charge in [0.05, 0.1) is 27.9 Å². The summed E-state index contributed by atoms with van der Waals surface area (Å²) in [5.41, 5.74) is -1.11. The van der Waals surface area contributed by atoms with E-state index in [0.717, 1.165) is 12.3 Å². The summed E-state index contributed by atoms with van der Waals surface area (Å²) in [6.45, 7) is -1.74. The van der Waals surface area contributed by atoms with E-state index in [0.29, 0.717) is 0 Å². The smallest absolute Gasteiger partial charge is 0.432 e. The summed E-state index contributed by atoms with van der Waals surface area (Å²) in [4.78, 5) is 15.5. The lowest BCUT2D eigenvalue weighted by atomic mass is 10.1. The van der Waals surface area contributed by atoms with Gasteiger partial charge in [-0.3, -0.25) is 9.97 Å². The van der Waals surface area contributed by atoms with E-state index in [9.17, 15) is 30.4 Å². The zero-order chi connectivity index (χ0) is 25.5. The molecule has 0 amide bonds. The van der Waals surface area contributed by atoms with E-state index >= 15 is 0 Å². The van der Waals surface area contributed by atoms with Gasteiger partial charge in [0.2, 0.25) is 0 Å². The Morgan fingerprint density at radius 1 is 1.09 bits per heavy atom. The van der Waals surface area contributed by atoms with Crippen LogP contribution in [0.4, 0.5) is 22.0 Å². The normalized spacial score (nSPS) is 12.5. The van der Waals surface area contributed by atoms with Crippen molar-refractivity contribution >= 4 is 20.9 Å². The Kier molecular flexibility index (Phi) is 6.17. The molecule has 4 aromatic heterocycles. The number of fused-ring (bicyclic) bond motifs is 1. The molecule has 0 aliphatic rings. The lowest BCUT2D eigenvalue weighted by Crippen LogP contribution is -2.10. The summed E-state index contributed by atoms with van der Waals surface area (Å²) in [7, 11) is -2.48. The molecular formula is C21H16F5N5O3S. The van der Waals surface area contributed by atoms with E-state index in [2.05, 4.69) is 24.7 Å². The van der Waals surface area contributed by atoms with E-state index in [1.807, 2.05) is 0 Å². The van der Waals surface area contributed by atoms with E-state index in [-0.39, 0.29) is 50.2 Å². The van der Waals surface area contributed by atoms with Crippen LogP contribution in [0.5, 0.6) is 5.75 Å². The van der Waals surface area contributed by atoms with Gasteiger partial charge in [0.1, 0.15) is 17.1 Å². The highest BCUT2D eigenvalue weighted by atomic mass is 32.2. The van der Waals surface area contributed by atoms with Crippen LogP contribution in [0, 0.1) is 0 Å². The second kappa shape index (κ2) is 8.83. The molecule has 0 atom stereocenters. The largest absolute Gasteiger partial charge is 0.433 e. The fraction of sp³-hybridized carbons (Fsp3) is 0.238. The Balaban J connectivity index is 1.93. The molecule has 0 fully saturated rings. The molecule has 4 aromatic rings. The lowest BCUT2D eigenvalue weighted by molar-refractivity contribution is -0.141. The molecule has 8 nitrogen and oxygen atoms in total. The second-order valence-corrected chi connectivity index (χ2v) is 9.50. The SMILES string of the molecule is CCS(=O)(=O)c1cc(-c2ncccc2OC(F)F)cnc1-c1nc2cc(C(F)(F)F)ncc2n1C. The molecule has 0 aromatic carbocycles. The number of rotatable bonds is 6. The first-order valence-corrected chi connectivity index (χ1v) is 11.6. The molecular weight excluding hydrogens is 497 g/mol. The average molecular weight is 513 g/mol. The minimum atomic E-state index is -4.69. The minimum absolute atomic E-state index is 0.0234. The molecule has 0 N–H and O–H groups in total. The van der Waals surface area contributed by atoms with Gasteiger partial charge < -0.3 is 9.30 Å². The van der Waals surface area contributed by atoms with Crippen LogP contribution in [0.2, 0.25) is 0 Å². The summed E-state index contributed by atoms with van der Waals surface area (Å²) in [5.74, 6) is -0.646. The molecule has 0 aliphatic heterocycles. The first-order chi connectivity index (χ1) is 16.4. The van der Waals surface area contributed by atoms with Gasteiger partial charge in [-0.15, -0.1) is 0 Å². The van der Waals surface area contributed by atoms with Crippen LogP contribution in [-0.4, -0.2) is 45.3 Å². The molecule has 0 aliphatic carbocycles. The second-order valence-electron chi connectivity index (χ2n) is 7.25. The molecule has 0 saturated carbocycles. The average Bonchev–Trinajstić information content (AvgIpc) is 3.14. The predicted octanol–water partition coefficient (Wildman–Crippen LogP) is 4.51. The highest BCUT2D eigenvalue weighted by Crippen LogP contribution is 2.35. The van der Waals surface area contributed by atoms with E-state index in [1.165, 1.54) is 49.1 Å². The van der Waals surface area contributed by atoms with Crippen molar-refractivity contribution in [3.63, 3.8) is 0 Å². The maximum atomic E-state index is 13.1. The first kappa shape index (κ1) is 24.4. The van der Waals surface area contributed by atoms with Crippen molar-refractivity contribution in [1.29, 1.82) is 0 Å². The maximum Gasteiger partial charge on any atom is 0.433 e. The lowest BCUT2D eigenvalue weighted by Gasteiger charge is -2.13. The number of sulfone groups is 1. The Morgan fingerprint density at radius 2 is 1.83 bits per heavy atom. The predicted molar refractivity (Wildman–Crippen MR) is 114 cm³/mol. The van der Waals surface area contributed by atoms with Crippen LogP contribution in [0.3, 0.4) is 0 Å². The summed E-state index contributed by atoms with van der Waals surface area (Å²) >= 11 is 0. The number of hydrogen-bond acceptors (Lipinski definition) is 7. The van der Waals surface area contributed by atoms with E-state index < -0.39 is 28.3 Å². The first-order valence-electron chi connectivity index (χ1n) is 9.95. The molecule has 0 bridgehead atoms. The number of halogens is 5. The van der Waals surface area contributed by atoms with Gasteiger partial charge in [0.25, 0.3) is 0 Å². The van der Waals surface area contributed by atoms with Gasteiger partial charge in [0, 0.05) is 25.0 Å². The molecule has 184 valence electrons. The molecule has 14 heteroatoms. The Bertz CT molecular complexity index is 1520. The van der Waals surface area contributed by atoms with Gasteiger partial charge in [-0.25, -0.2) is 18.4 Å². The number of nitrogens with zero attached hydrogens (tertiary/aromatic N) is 5. The number of aryl methyl sites for hydroxylation is 1. The van der Waals surface area contributed by atoms with Gasteiger partial charge >= 0.3 is 12.8 Å². The van der Waals surface area contributed by atoms with Crippen LogP contribution in [0.1, 0.15) is 12.6 Å². The third-order valence-electron chi connectivity index (χ3n) is 5.10. The van der Waals surface area contributed by atoms with Gasteiger partial charge in [-0.1, -0.05) is 6.92 Å². The van der Waals surface area contributed by atoms with Crippen molar-refractivity contribution in [2.24, 2.45) is 7.05 Å². The fourth-order valence-corrected chi connectivity index (χ4v) is 4.44. The summed E-state index contributed by atoms with van der Waals surface area (Å²) in [5, 5.41) is 0. The zero-order valence-corrected chi connectivity index (χ0v) is 18.9. The maximum absolute atomic E-state index is 13.1. The number of imidazole rings is 1. The highest BCUT2D eigenvalue weighted by Gasteiger charge is 2.33. The molecule has 0 radical (unpaired) electrons. The molecule has 0 saturated heterocycles. The summed E-state index contributed by atoms with van der Waals surface area (Å²) in [6.07, 6.45) is -1.20. The van der Waals surface area contributed by atoms with Gasteiger partial charge in [-0.2, -0.15) is 22.0 Å². The Hall–Kier alpha value is -3.68. The van der Waals surface area contributed by atoms with Crippen LogP contribution in [-0.2, 0) is 23.1 Å². The van der Waals surface area contributed by atoms with Crippen molar-refractivity contribution in [2.45, 2.75) is 24.6 Å². The van der Waals surface area contributed by atoms with Gasteiger partial charge in [0.15, 0.2) is 21.4 Å². The highest BCUT2D eigenvalue weighted by molar-refractivity contribution is 7.91. The third-order valence-corrected chi connectivity index (χ3v) is 6.84. The van der Waals surface area contributed by atoms with Crippen molar-refractivity contribution in [1.82, 2.24) is 24.5 Å². The number of ether oxygens (including phenoxy) is 1. The Labute approximate surface area is 195 Å². The molecule has 0 spiro atoms. The van der Waals surface area contributed by atoms with Crippen molar-refractivity contribution in [3.05, 3.63) is 48.5 Å². The molecule has 4 rings (SSSR count). The van der Waals surface area contributed by atoms with Crippen LogP contribution in [0.15, 0.2) is 47.8 Å². The van der Waals surface area contributed by atoms with Crippen LogP contribution < -0.4 is 4.74 Å². The fourth-order valence-electron chi connectivity index (χ4n) is 3.39. The molecule has 4 heterocycles. The summed E-state index contributed by atoms with van der Waals surface area (Å²) in [6, 6.07) is 4.56. The van der Waals surface area contributed by atoms with Gasteiger partial charge in [-0.05, 0) is 24.3 Å². The van der Waals surface area contributed by atoms with Crippen LogP contribution in [0.25, 0.3) is 33.8 Å². The number of hydrogen-bond donors (Lipinski definition) is 0. The zero-order valence-electron chi connectivity index (χ0n) is 18.1. The number of pyridine rings is 3. The minimum Gasteiger partial charge on any atom is -0.432 e. The van der Waals surface area contributed by atoms with Crippen LogP contribution >= 0.6 is 0 Å². The van der Waals surface area contributed by atoms with Crippen molar-refractivity contribution < 1.29 is 35.1 Å². The monoisotopic (exact) mass is 513 g/mol. The third kappa shape index (κ3) is 4.65. The topological polar surface area (TPSA) is 99.9 Å². The van der Waals surface area contributed by atoms with Crippen molar-refractivity contribution in [2.75, 3.05) is 5.75 Å². The summed E-state index contributed by atoms with van der Waals surface area (Å²) < 4.78 is 96.6. The van der Waals surface area contributed by atoms with E-state index in [1.54, 1.807) is 0 Å². The molecule has 35 heavy (non-hydrogen) atoms. The number of aromatic nitrogens is 5. The quantitative estimate of drug-likeness (QED) is 0.350. The Morgan fingerprint density at radius 3 is 2.49 bits per heavy atom. The van der Waals surface area contributed by atoms with Crippen molar-refractivity contribution in [3.8, 4) is 28.5 Å². The number of alkyl halides is 5.